The Hall–Kier alpha value is -1.99. The van der Waals surface area contributed by atoms with Gasteiger partial charge in [-0.2, -0.15) is 0 Å². The van der Waals surface area contributed by atoms with Crippen LogP contribution in [0, 0.1) is 20.8 Å². The molecule has 0 spiro atoms. The molecule has 0 aromatic carbocycles. The lowest BCUT2D eigenvalue weighted by molar-refractivity contribution is -0.113. The molecule has 0 aliphatic carbocycles. The van der Waals surface area contributed by atoms with Gasteiger partial charge in [-0.05, 0) is 44.0 Å². The zero-order valence-electron chi connectivity index (χ0n) is 13.1. The monoisotopic (exact) mass is 344 g/mol. The maximum atomic E-state index is 12.1. The largest absolute Gasteiger partial charge is 0.310 e. The van der Waals surface area contributed by atoms with Crippen LogP contribution in [-0.2, 0) is 4.79 Å². The van der Waals surface area contributed by atoms with Crippen molar-refractivity contribution < 1.29 is 4.79 Å². The van der Waals surface area contributed by atoms with Gasteiger partial charge < -0.3 is 5.32 Å². The van der Waals surface area contributed by atoms with E-state index in [1.54, 1.807) is 23.9 Å². The van der Waals surface area contributed by atoms with Crippen LogP contribution < -0.4 is 5.32 Å². The summed E-state index contributed by atoms with van der Waals surface area (Å²) >= 11 is 3.08. The van der Waals surface area contributed by atoms with E-state index < -0.39 is 0 Å². The van der Waals surface area contributed by atoms with Gasteiger partial charge in [0.05, 0.1) is 5.75 Å². The van der Waals surface area contributed by atoms with Crippen LogP contribution in [0.25, 0.3) is 10.2 Å². The number of nitrogens with zero attached hydrogens (tertiary/aromatic N) is 3. The summed E-state index contributed by atoms with van der Waals surface area (Å²) in [7, 11) is 0. The molecule has 0 aliphatic heterocycles. The molecule has 0 fully saturated rings. The molecule has 0 saturated carbocycles. The Morgan fingerprint density at radius 3 is 2.87 bits per heavy atom. The van der Waals surface area contributed by atoms with E-state index in [-0.39, 0.29) is 11.7 Å². The van der Waals surface area contributed by atoms with E-state index in [0.29, 0.717) is 5.82 Å². The molecule has 5 nitrogen and oxygen atoms in total. The molecular weight excluding hydrogens is 328 g/mol. The Balaban J connectivity index is 1.72. The highest BCUT2D eigenvalue weighted by Crippen LogP contribution is 2.34. The van der Waals surface area contributed by atoms with Crippen LogP contribution in [0.3, 0.4) is 0 Å². The first-order chi connectivity index (χ1) is 11.0. The molecule has 3 aromatic heterocycles. The number of pyridine rings is 1. The van der Waals surface area contributed by atoms with Crippen LogP contribution >= 0.6 is 23.1 Å². The maximum absolute atomic E-state index is 12.1. The van der Waals surface area contributed by atoms with Crippen LogP contribution in [0.4, 0.5) is 5.82 Å². The SMILES string of the molecule is Cc1ccnc(NC(=O)CSc2ncnc3sc(C)c(C)c23)c1. The first kappa shape index (κ1) is 15.9. The molecule has 0 bridgehead atoms. The lowest BCUT2D eigenvalue weighted by Crippen LogP contribution is -2.15. The fourth-order valence-electron chi connectivity index (χ4n) is 2.18. The molecule has 1 N–H and O–H groups in total. The summed E-state index contributed by atoms with van der Waals surface area (Å²) in [5.74, 6) is 0.770. The fourth-order valence-corrected chi connectivity index (χ4v) is 4.09. The quantitative estimate of drug-likeness (QED) is 0.577. The summed E-state index contributed by atoms with van der Waals surface area (Å²) in [6.07, 6.45) is 3.24. The standard InChI is InChI=1S/C16H16N4OS2/c1-9-4-5-17-12(6-9)20-13(21)7-22-15-14-10(2)11(3)23-16(14)19-8-18-15/h4-6,8H,7H2,1-3H3,(H,17,20,21). The second-order valence-electron chi connectivity index (χ2n) is 5.20. The van der Waals surface area contributed by atoms with E-state index in [2.05, 4.69) is 34.1 Å². The smallest absolute Gasteiger partial charge is 0.235 e. The van der Waals surface area contributed by atoms with Crippen molar-refractivity contribution in [3.63, 3.8) is 0 Å². The highest BCUT2D eigenvalue weighted by Gasteiger charge is 2.13. The average molecular weight is 344 g/mol. The third-order valence-corrected chi connectivity index (χ3v) is 5.56. The first-order valence-electron chi connectivity index (χ1n) is 7.10. The number of thioether (sulfide) groups is 1. The number of nitrogens with one attached hydrogen (secondary N) is 1. The highest BCUT2D eigenvalue weighted by molar-refractivity contribution is 8.00. The van der Waals surface area contributed by atoms with Crippen molar-refractivity contribution in [2.75, 3.05) is 11.1 Å². The first-order valence-corrected chi connectivity index (χ1v) is 8.91. The third kappa shape index (κ3) is 3.51. The number of thiophene rings is 1. The number of fused-ring (bicyclic) bond motifs is 1. The van der Waals surface area contributed by atoms with Gasteiger partial charge in [0.15, 0.2) is 0 Å². The predicted molar refractivity (Wildman–Crippen MR) is 95.2 cm³/mol. The van der Waals surface area contributed by atoms with Crippen molar-refractivity contribution in [2.45, 2.75) is 25.8 Å². The summed E-state index contributed by atoms with van der Waals surface area (Å²) < 4.78 is 0. The van der Waals surface area contributed by atoms with Gasteiger partial charge >= 0.3 is 0 Å². The van der Waals surface area contributed by atoms with Gasteiger partial charge in [0.1, 0.15) is 22.0 Å². The van der Waals surface area contributed by atoms with Crippen molar-refractivity contribution in [1.82, 2.24) is 15.0 Å². The minimum atomic E-state index is -0.0931. The van der Waals surface area contributed by atoms with E-state index in [1.807, 2.05) is 19.1 Å². The fraction of sp³-hybridized carbons (Fsp3) is 0.250. The molecule has 3 aromatic rings. The summed E-state index contributed by atoms with van der Waals surface area (Å²) in [6.45, 7) is 6.11. The molecule has 3 rings (SSSR count). The van der Waals surface area contributed by atoms with Crippen molar-refractivity contribution in [1.29, 1.82) is 0 Å². The van der Waals surface area contributed by atoms with E-state index in [9.17, 15) is 4.79 Å². The summed E-state index contributed by atoms with van der Waals surface area (Å²) in [4.78, 5) is 27.1. The van der Waals surface area contributed by atoms with E-state index in [1.165, 1.54) is 22.2 Å². The van der Waals surface area contributed by atoms with Crippen LogP contribution in [0.5, 0.6) is 0 Å². The van der Waals surface area contributed by atoms with E-state index >= 15 is 0 Å². The topological polar surface area (TPSA) is 67.8 Å². The van der Waals surface area contributed by atoms with Crippen LogP contribution in [-0.4, -0.2) is 26.6 Å². The summed E-state index contributed by atoms with van der Waals surface area (Å²) in [5.41, 5.74) is 2.25. The Morgan fingerprint density at radius 2 is 2.09 bits per heavy atom. The highest BCUT2D eigenvalue weighted by atomic mass is 32.2. The second kappa shape index (κ2) is 6.64. The van der Waals surface area contributed by atoms with Crippen molar-refractivity contribution in [3.8, 4) is 0 Å². The molecule has 0 radical (unpaired) electrons. The van der Waals surface area contributed by atoms with Gasteiger partial charge in [0.25, 0.3) is 0 Å². The minimum Gasteiger partial charge on any atom is -0.310 e. The maximum Gasteiger partial charge on any atom is 0.235 e. The Labute approximate surface area is 142 Å². The van der Waals surface area contributed by atoms with Crippen molar-refractivity contribution >= 4 is 45.0 Å². The molecule has 1 amide bonds. The average Bonchev–Trinajstić information content (AvgIpc) is 2.81. The second-order valence-corrected chi connectivity index (χ2v) is 7.36. The lowest BCUT2D eigenvalue weighted by Gasteiger charge is -2.05. The van der Waals surface area contributed by atoms with Gasteiger partial charge in [0, 0.05) is 16.5 Å². The normalized spacial score (nSPS) is 10.9. The van der Waals surface area contributed by atoms with Crippen LogP contribution in [0.15, 0.2) is 29.7 Å². The van der Waals surface area contributed by atoms with Gasteiger partial charge in [-0.15, -0.1) is 11.3 Å². The number of rotatable bonds is 4. The van der Waals surface area contributed by atoms with Crippen LogP contribution in [0.1, 0.15) is 16.0 Å². The minimum absolute atomic E-state index is 0.0931. The molecule has 0 unspecified atom stereocenters. The third-order valence-electron chi connectivity index (χ3n) is 3.45. The number of hydrogen-bond acceptors (Lipinski definition) is 6. The zero-order chi connectivity index (χ0) is 16.4. The van der Waals surface area contributed by atoms with Crippen LogP contribution in [0.2, 0.25) is 0 Å². The number of aromatic nitrogens is 3. The molecule has 0 aliphatic rings. The number of anilines is 1. The lowest BCUT2D eigenvalue weighted by atomic mass is 10.2. The van der Waals surface area contributed by atoms with Crippen molar-refractivity contribution in [2.24, 2.45) is 0 Å². The Bertz CT molecular complexity index is 876. The number of carbonyl (C=O) groups excluding carboxylic acids is 1. The van der Waals surface area contributed by atoms with Crippen molar-refractivity contribution in [3.05, 3.63) is 40.7 Å². The summed E-state index contributed by atoms with van der Waals surface area (Å²) in [6, 6.07) is 3.74. The van der Waals surface area contributed by atoms with Gasteiger partial charge in [0.2, 0.25) is 5.91 Å². The number of carbonyl (C=O) groups is 1. The molecule has 118 valence electrons. The van der Waals surface area contributed by atoms with Gasteiger partial charge in [-0.25, -0.2) is 15.0 Å². The van der Waals surface area contributed by atoms with E-state index in [0.717, 1.165) is 20.8 Å². The molecular formula is C16H16N4OS2. The molecule has 23 heavy (non-hydrogen) atoms. The van der Waals surface area contributed by atoms with Gasteiger partial charge in [-0.1, -0.05) is 11.8 Å². The Kier molecular flexibility index (Phi) is 4.58. The number of amides is 1. The molecule has 0 saturated heterocycles. The number of aryl methyl sites for hydroxylation is 3. The zero-order valence-corrected chi connectivity index (χ0v) is 14.7. The Morgan fingerprint density at radius 1 is 1.26 bits per heavy atom. The number of hydrogen-bond donors (Lipinski definition) is 1. The predicted octanol–water partition coefficient (Wildman–Crippen LogP) is 3.74. The molecule has 3 heterocycles. The molecule has 0 atom stereocenters. The molecule has 7 heteroatoms. The summed E-state index contributed by atoms with van der Waals surface area (Å²) in [5, 5.41) is 4.72. The van der Waals surface area contributed by atoms with E-state index in [4.69, 9.17) is 0 Å². The van der Waals surface area contributed by atoms with Gasteiger partial charge in [-0.3, -0.25) is 4.79 Å².